The number of aromatic nitrogens is 1. The van der Waals surface area contributed by atoms with E-state index in [-0.39, 0.29) is 11.7 Å². The van der Waals surface area contributed by atoms with E-state index in [4.69, 9.17) is 0 Å². The Bertz CT molecular complexity index is 543. The molecule has 0 fully saturated rings. The Morgan fingerprint density at radius 2 is 1.94 bits per heavy atom. The second-order valence-electron chi connectivity index (χ2n) is 3.96. The molecule has 0 radical (unpaired) electrons. The minimum absolute atomic E-state index is 0.0106. The van der Waals surface area contributed by atoms with Crippen LogP contribution in [0.1, 0.15) is 18.5 Å². The van der Waals surface area contributed by atoms with Crippen molar-refractivity contribution in [2.24, 2.45) is 0 Å². The van der Waals surface area contributed by atoms with Crippen molar-refractivity contribution in [2.75, 3.05) is 5.32 Å². The zero-order chi connectivity index (χ0) is 13.0. The summed E-state index contributed by atoms with van der Waals surface area (Å²) in [6, 6.07) is 12.8. The van der Waals surface area contributed by atoms with Crippen LogP contribution in [0.4, 0.5) is 11.5 Å². The number of pyridine rings is 1. The lowest BCUT2D eigenvalue weighted by Crippen LogP contribution is -2.17. The molecule has 1 aromatic heterocycles. The first-order valence-corrected chi connectivity index (χ1v) is 5.65. The van der Waals surface area contributed by atoms with Crippen LogP contribution in [-0.4, -0.2) is 4.92 Å². The number of anilines is 1. The highest BCUT2D eigenvalue weighted by molar-refractivity contribution is 5.52. The first kappa shape index (κ1) is 12.0. The second kappa shape index (κ2) is 5.27. The van der Waals surface area contributed by atoms with E-state index in [0.717, 1.165) is 5.56 Å². The van der Waals surface area contributed by atoms with E-state index < -0.39 is 4.92 Å². The molecule has 1 heterocycles. The van der Waals surface area contributed by atoms with Gasteiger partial charge in [0.2, 0.25) is 0 Å². The molecule has 2 aromatic rings. The van der Waals surface area contributed by atoms with Crippen molar-refractivity contribution in [3.8, 4) is 0 Å². The molecule has 0 aliphatic carbocycles. The maximum atomic E-state index is 10.9. The van der Waals surface area contributed by atoms with Gasteiger partial charge in [0.05, 0.1) is 11.1 Å². The summed E-state index contributed by atoms with van der Waals surface area (Å²) in [4.78, 5) is 13.3. The molecule has 0 aliphatic rings. The summed E-state index contributed by atoms with van der Waals surface area (Å²) in [5, 5.41) is 14.0. The summed E-state index contributed by atoms with van der Waals surface area (Å²) in [7, 11) is 0. The van der Waals surface area contributed by atoms with Gasteiger partial charge in [-0.2, -0.15) is 0 Å². The van der Waals surface area contributed by atoms with Gasteiger partial charge < -0.3 is 0 Å². The van der Waals surface area contributed by atoms with Crippen molar-refractivity contribution in [1.82, 2.24) is 0 Å². The monoisotopic (exact) mass is 244 g/mol. The topological polar surface area (TPSA) is 69.3 Å². The molecule has 0 bridgehead atoms. The summed E-state index contributed by atoms with van der Waals surface area (Å²) >= 11 is 0. The highest BCUT2D eigenvalue weighted by atomic mass is 16.6. The highest BCUT2D eigenvalue weighted by Crippen LogP contribution is 2.23. The average molecular weight is 244 g/mol. The van der Waals surface area contributed by atoms with Gasteiger partial charge in [-0.25, -0.2) is 4.98 Å². The third-order valence-electron chi connectivity index (χ3n) is 2.69. The molecular formula is C13H14N3O2+. The molecular weight excluding hydrogens is 230 g/mol. The van der Waals surface area contributed by atoms with Gasteiger partial charge in [-0.1, -0.05) is 30.3 Å². The summed E-state index contributed by atoms with van der Waals surface area (Å²) in [5.74, 6) is 0.416. The number of hydrogen-bond donors (Lipinski definition) is 1. The number of rotatable bonds is 4. The van der Waals surface area contributed by atoms with Crippen molar-refractivity contribution in [3.63, 3.8) is 0 Å². The van der Waals surface area contributed by atoms with Gasteiger partial charge in [0.25, 0.3) is 0 Å². The molecule has 18 heavy (non-hydrogen) atoms. The van der Waals surface area contributed by atoms with Crippen LogP contribution in [0.15, 0.2) is 48.7 Å². The maximum Gasteiger partial charge on any atom is 0.357 e. The zero-order valence-corrected chi connectivity index (χ0v) is 9.96. The fourth-order valence-corrected chi connectivity index (χ4v) is 1.74. The fourth-order valence-electron chi connectivity index (χ4n) is 1.74. The number of nitrogens with zero attached hydrogens (tertiary/aromatic N) is 1. The normalized spacial score (nSPS) is 11.8. The van der Waals surface area contributed by atoms with E-state index in [1.807, 2.05) is 37.3 Å². The number of H-pyrrole nitrogens is 1. The predicted octanol–water partition coefficient (Wildman–Crippen LogP) is 2.58. The van der Waals surface area contributed by atoms with Crippen LogP contribution < -0.4 is 10.3 Å². The van der Waals surface area contributed by atoms with Crippen LogP contribution in [0.5, 0.6) is 0 Å². The Morgan fingerprint density at radius 1 is 1.22 bits per heavy atom. The van der Waals surface area contributed by atoms with Crippen molar-refractivity contribution in [3.05, 3.63) is 64.3 Å². The van der Waals surface area contributed by atoms with E-state index in [0.29, 0.717) is 5.82 Å². The second-order valence-corrected chi connectivity index (χ2v) is 3.96. The molecule has 0 saturated heterocycles. The third-order valence-corrected chi connectivity index (χ3v) is 2.69. The molecule has 2 N–H and O–H groups in total. The Labute approximate surface area is 105 Å². The third kappa shape index (κ3) is 2.63. The van der Waals surface area contributed by atoms with Crippen LogP contribution in [0.25, 0.3) is 0 Å². The minimum Gasteiger partial charge on any atom is -0.262 e. The first-order chi connectivity index (χ1) is 8.68. The number of nitrogens with one attached hydrogen (secondary N) is 2. The Kier molecular flexibility index (Phi) is 3.52. The van der Waals surface area contributed by atoms with Crippen molar-refractivity contribution >= 4 is 11.5 Å². The van der Waals surface area contributed by atoms with Gasteiger partial charge in [-0.3, -0.25) is 15.4 Å². The van der Waals surface area contributed by atoms with Crippen LogP contribution in [-0.2, 0) is 0 Å². The molecule has 0 saturated carbocycles. The summed E-state index contributed by atoms with van der Waals surface area (Å²) in [6.45, 7) is 1.96. The van der Waals surface area contributed by atoms with Crippen molar-refractivity contribution < 1.29 is 9.91 Å². The molecule has 0 amide bonds. The van der Waals surface area contributed by atoms with Crippen molar-refractivity contribution in [2.45, 2.75) is 13.0 Å². The van der Waals surface area contributed by atoms with Gasteiger partial charge in [-0.15, -0.1) is 0 Å². The quantitative estimate of drug-likeness (QED) is 0.663. The lowest BCUT2D eigenvalue weighted by molar-refractivity contribution is -0.409. The largest absolute Gasteiger partial charge is 0.357 e. The van der Waals surface area contributed by atoms with Crippen LogP contribution in [0.3, 0.4) is 0 Å². The Morgan fingerprint density at radius 3 is 2.61 bits per heavy atom. The van der Waals surface area contributed by atoms with E-state index >= 15 is 0 Å². The van der Waals surface area contributed by atoms with Gasteiger partial charge >= 0.3 is 11.5 Å². The van der Waals surface area contributed by atoms with Gasteiger partial charge in [0.15, 0.2) is 0 Å². The fraction of sp³-hybridized carbons (Fsp3) is 0.154. The standard InChI is InChI=1S/C13H13N3O2/c1-10(11-6-3-2-4-7-11)15-13-12(16(17)18)8-5-9-14-13/h2-10H,1H3,(H,14,15)/p+1/t10-/m0/s1. The number of benzene rings is 1. The first-order valence-electron chi connectivity index (χ1n) is 5.65. The molecule has 5 nitrogen and oxygen atoms in total. The van der Waals surface area contributed by atoms with Crippen LogP contribution >= 0.6 is 0 Å². The average Bonchev–Trinajstić information content (AvgIpc) is 2.40. The smallest absolute Gasteiger partial charge is 0.262 e. The molecule has 1 aromatic carbocycles. The lowest BCUT2D eigenvalue weighted by Gasteiger charge is -2.08. The maximum absolute atomic E-state index is 10.9. The molecule has 0 spiro atoms. The summed E-state index contributed by atoms with van der Waals surface area (Å²) in [6.07, 6.45) is 1.66. The highest BCUT2D eigenvalue weighted by Gasteiger charge is 2.22. The van der Waals surface area contributed by atoms with Crippen LogP contribution in [0.2, 0.25) is 0 Å². The SMILES string of the molecule is C[C@H](Nc1[nH+]cccc1[N+](=O)[O-])c1ccccc1. The lowest BCUT2D eigenvalue weighted by atomic mass is 10.1. The molecule has 0 aliphatic heterocycles. The van der Waals surface area contributed by atoms with Gasteiger partial charge in [-0.05, 0) is 18.6 Å². The van der Waals surface area contributed by atoms with Crippen LogP contribution in [0, 0.1) is 10.1 Å². The minimum atomic E-state index is -0.406. The molecule has 2 rings (SSSR count). The van der Waals surface area contributed by atoms with E-state index in [2.05, 4.69) is 10.3 Å². The Hall–Kier alpha value is -2.43. The molecule has 92 valence electrons. The van der Waals surface area contributed by atoms with Crippen molar-refractivity contribution in [1.29, 1.82) is 0 Å². The van der Waals surface area contributed by atoms with E-state index in [1.165, 1.54) is 6.07 Å². The van der Waals surface area contributed by atoms with Gasteiger partial charge in [0, 0.05) is 6.07 Å². The molecule has 5 heteroatoms. The number of nitro groups is 1. The predicted molar refractivity (Wildman–Crippen MR) is 68.1 cm³/mol. The summed E-state index contributed by atoms with van der Waals surface area (Å²) in [5.41, 5.74) is 1.12. The Balaban J connectivity index is 2.22. The zero-order valence-electron chi connectivity index (χ0n) is 9.96. The van der Waals surface area contributed by atoms with E-state index in [9.17, 15) is 10.1 Å². The summed E-state index contributed by atoms with van der Waals surface area (Å²) < 4.78 is 0. The van der Waals surface area contributed by atoms with Gasteiger partial charge in [0.1, 0.15) is 6.04 Å². The molecule has 1 atom stereocenters. The molecule has 0 unspecified atom stereocenters. The van der Waals surface area contributed by atoms with E-state index in [1.54, 1.807) is 12.3 Å². The number of hydrogen-bond acceptors (Lipinski definition) is 3. The number of aromatic amines is 1.